The van der Waals surface area contributed by atoms with Gasteiger partial charge in [-0.1, -0.05) is 71.5 Å². The second-order valence-electron chi connectivity index (χ2n) is 3.84. The number of ether oxygens (including phenoxy) is 1. The van der Waals surface area contributed by atoms with Gasteiger partial charge < -0.3 is 4.74 Å². The predicted octanol–water partition coefficient (Wildman–Crippen LogP) is 6.54. The highest BCUT2D eigenvalue weighted by Gasteiger charge is 2.02. The van der Waals surface area contributed by atoms with Gasteiger partial charge in [0.25, 0.3) is 0 Å². The Morgan fingerprint density at radius 1 is 1.19 bits per heavy atom. The molecule has 0 aliphatic carbocycles. The normalized spacial score (nSPS) is 12.4. The van der Waals surface area contributed by atoms with Crippen LogP contribution in [0.1, 0.15) is 33.6 Å². The largest absolute Gasteiger partial charge is 0.501 e. The molecule has 0 saturated heterocycles. The smallest absolute Gasteiger partial charge is 0.0972 e. The highest BCUT2D eigenvalue weighted by atomic mass is 33.5. The van der Waals surface area contributed by atoms with Gasteiger partial charge in [0.15, 0.2) is 0 Å². The van der Waals surface area contributed by atoms with Crippen molar-refractivity contribution < 1.29 is 4.74 Å². The minimum atomic E-state index is 0.707. The van der Waals surface area contributed by atoms with Gasteiger partial charge in [0.1, 0.15) is 0 Å². The molecule has 0 rings (SSSR count). The quantitative estimate of drug-likeness (QED) is 0.106. The molecule has 0 unspecified atom stereocenters. The van der Waals surface area contributed by atoms with Gasteiger partial charge in [0.2, 0.25) is 0 Å². The van der Waals surface area contributed by atoms with E-state index in [4.69, 9.17) is 10.1 Å². The molecule has 0 radical (unpaired) electrons. The summed E-state index contributed by atoms with van der Waals surface area (Å²) >= 11 is 1.56. The van der Waals surface area contributed by atoms with Crippen LogP contribution in [-0.4, -0.2) is 23.2 Å². The van der Waals surface area contributed by atoms with Crippen molar-refractivity contribution in [2.45, 2.75) is 33.6 Å². The molecule has 21 heavy (non-hydrogen) atoms. The fourth-order valence-corrected chi connectivity index (χ4v) is 5.70. The van der Waals surface area contributed by atoms with Gasteiger partial charge in [-0.15, -0.1) is 0 Å². The monoisotopic (exact) mass is 363 g/mol. The Labute approximate surface area is 145 Å². The molecule has 0 atom stereocenters. The maximum absolute atomic E-state index is 8.02. The molecular weight excluding hydrogens is 338 g/mol. The van der Waals surface area contributed by atoms with E-state index in [9.17, 15) is 0 Å². The highest BCUT2D eigenvalue weighted by Crippen LogP contribution is 2.35. The van der Waals surface area contributed by atoms with Crippen molar-refractivity contribution in [3.8, 4) is 0 Å². The third-order valence-electron chi connectivity index (χ3n) is 1.97. The standard InChI is InChI=1S/C15H25NOS4/c1-4-7-9-14(8-5-2)20-15(16)13-19-21-18-12-11-17-10-6-3/h6-10,16H,4-5,11-13H2,1-3H3/b9-7-,10-6-,14-8+,16-15?. The minimum Gasteiger partial charge on any atom is -0.501 e. The van der Waals surface area contributed by atoms with Crippen molar-refractivity contribution in [2.75, 3.05) is 18.1 Å². The van der Waals surface area contributed by atoms with Crippen LogP contribution in [0.4, 0.5) is 0 Å². The van der Waals surface area contributed by atoms with Crippen LogP contribution in [0.3, 0.4) is 0 Å². The Kier molecular flexibility index (Phi) is 16.5. The Bertz CT molecular complexity index is 354. The van der Waals surface area contributed by atoms with Crippen LogP contribution in [-0.2, 0) is 4.74 Å². The maximum atomic E-state index is 8.02. The summed E-state index contributed by atoms with van der Waals surface area (Å²) in [6.07, 6.45) is 12.1. The fraction of sp³-hybridized carbons (Fsp3) is 0.533. The van der Waals surface area contributed by atoms with E-state index in [-0.39, 0.29) is 0 Å². The minimum absolute atomic E-state index is 0.707. The van der Waals surface area contributed by atoms with Crippen LogP contribution in [0.25, 0.3) is 0 Å². The van der Waals surface area contributed by atoms with E-state index >= 15 is 0 Å². The first-order valence-corrected chi connectivity index (χ1v) is 11.6. The van der Waals surface area contributed by atoms with Gasteiger partial charge in [-0.3, -0.25) is 5.41 Å². The van der Waals surface area contributed by atoms with E-state index in [1.807, 2.05) is 13.0 Å². The zero-order valence-electron chi connectivity index (χ0n) is 13.0. The predicted molar refractivity (Wildman–Crippen MR) is 106 cm³/mol. The molecule has 1 N–H and O–H groups in total. The van der Waals surface area contributed by atoms with Crippen LogP contribution in [0.15, 0.2) is 35.5 Å². The lowest BCUT2D eigenvalue weighted by Gasteiger charge is -2.04. The van der Waals surface area contributed by atoms with Gasteiger partial charge >= 0.3 is 0 Å². The zero-order valence-corrected chi connectivity index (χ0v) is 16.2. The van der Waals surface area contributed by atoms with Crippen molar-refractivity contribution in [1.29, 1.82) is 5.41 Å². The number of rotatable bonds is 12. The summed E-state index contributed by atoms with van der Waals surface area (Å²) in [6, 6.07) is 0. The van der Waals surface area contributed by atoms with E-state index in [0.717, 1.165) is 31.0 Å². The summed E-state index contributed by atoms with van der Waals surface area (Å²) in [7, 11) is 5.23. The first-order chi connectivity index (χ1) is 10.2. The molecule has 0 bridgehead atoms. The molecule has 0 amide bonds. The molecule has 6 heteroatoms. The Hall–Kier alpha value is 0.0900. The molecule has 0 aliphatic heterocycles. The zero-order chi connectivity index (χ0) is 15.8. The molecule has 0 aromatic carbocycles. The summed E-state index contributed by atoms with van der Waals surface area (Å²) in [5.74, 6) is 1.71. The van der Waals surface area contributed by atoms with Crippen molar-refractivity contribution >= 4 is 48.2 Å². The molecule has 0 aromatic rings. The average molecular weight is 364 g/mol. The molecule has 0 aliphatic rings. The SMILES string of the molecule is C/C=C\OCCSSSCC(=N)SC(/C=C\CC)=C/CC. The molecular formula is C15H25NOS4. The highest BCUT2D eigenvalue weighted by molar-refractivity contribution is 9.09. The Morgan fingerprint density at radius 2 is 2.00 bits per heavy atom. The van der Waals surface area contributed by atoms with E-state index in [0.29, 0.717) is 5.04 Å². The van der Waals surface area contributed by atoms with Crippen LogP contribution in [0.2, 0.25) is 0 Å². The maximum Gasteiger partial charge on any atom is 0.0972 e. The van der Waals surface area contributed by atoms with Gasteiger partial charge in [0.05, 0.1) is 23.7 Å². The summed E-state index contributed by atoms with van der Waals surface area (Å²) in [6.45, 7) is 6.93. The number of hydrogen-bond donors (Lipinski definition) is 1. The number of allylic oxidation sites excluding steroid dienone is 4. The molecule has 0 saturated carbocycles. The second-order valence-corrected chi connectivity index (χ2v) is 9.36. The number of nitrogens with one attached hydrogen (secondary N) is 1. The number of thioether (sulfide) groups is 1. The summed E-state index contributed by atoms with van der Waals surface area (Å²) in [5, 5.41) is 8.72. The molecule has 2 nitrogen and oxygen atoms in total. The van der Waals surface area contributed by atoms with E-state index in [1.54, 1.807) is 49.4 Å². The van der Waals surface area contributed by atoms with Gasteiger partial charge in [-0.05, 0) is 29.6 Å². The third-order valence-corrected chi connectivity index (χ3v) is 7.17. The third kappa shape index (κ3) is 14.8. The topological polar surface area (TPSA) is 33.1 Å². The lowest BCUT2D eigenvalue weighted by Crippen LogP contribution is -1.93. The Morgan fingerprint density at radius 3 is 2.67 bits per heavy atom. The average Bonchev–Trinajstić information content (AvgIpc) is 2.47. The lowest BCUT2D eigenvalue weighted by molar-refractivity contribution is 0.272. The summed E-state index contributed by atoms with van der Waals surface area (Å²) in [5.41, 5.74) is 0. The van der Waals surface area contributed by atoms with Crippen molar-refractivity contribution in [2.24, 2.45) is 0 Å². The van der Waals surface area contributed by atoms with Gasteiger partial charge in [-0.2, -0.15) is 0 Å². The van der Waals surface area contributed by atoms with E-state index in [2.05, 4.69) is 32.1 Å². The second kappa shape index (κ2) is 16.5. The first-order valence-electron chi connectivity index (χ1n) is 7.00. The molecule has 0 heterocycles. The van der Waals surface area contributed by atoms with Crippen molar-refractivity contribution in [3.05, 3.63) is 35.5 Å². The van der Waals surface area contributed by atoms with E-state index < -0.39 is 0 Å². The van der Waals surface area contributed by atoms with Crippen LogP contribution < -0.4 is 0 Å². The van der Waals surface area contributed by atoms with E-state index in [1.165, 1.54) is 4.91 Å². The molecule has 0 aromatic heterocycles. The Balaban J connectivity index is 3.73. The van der Waals surface area contributed by atoms with Crippen molar-refractivity contribution in [1.82, 2.24) is 0 Å². The summed E-state index contributed by atoms with van der Waals surface area (Å²) in [4.78, 5) is 1.18. The number of hydrogen-bond acceptors (Lipinski definition) is 6. The first kappa shape index (κ1) is 21.1. The van der Waals surface area contributed by atoms with Crippen molar-refractivity contribution in [3.63, 3.8) is 0 Å². The lowest BCUT2D eigenvalue weighted by atomic mass is 10.3. The molecule has 0 spiro atoms. The van der Waals surface area contributed by atoms with Crippen LogP contribution in [0, 0.1) is 5.41 Å². The fourth-order valence-electron chi connectivity index (χ4n) is 1.14. The molecule has 0 fully saturated rings. The van der Waals surface area contributed by atoms with Gasteiger partial charge in [0, 0.05) is 10.7 Å². The molecule has 120 valence electrons. The van der Waals surface area contributed by atoms with Gasteiger partial charge in [-0.25, -0.2) is 0 Å². The summed E-state index contributed by atoms with van der Waals surface area (Å²) < 4.78 is 5.24. The van der Waals surface area contributed by atoms with Crippen LogP contribution in [0.5, 0.6) is 0 Å². The van der Waals surface area contributed by atoms with Crippen LogP contribution >= 0.6 is 43.2 Å².